The molecular weight excluding hydrogens is 264 g/mol. The van der Waals surface area contributed by atoms with Gasteiger partial charge in [0.05, 0.1) is 11.4 Å². The average molecular weight is 284 g/mol. The van der Waals surface area contributed by atoms with Gasteiger partial charge in [-0.1, -0.05) is 18.2 Å². The quantitative estimate of drug-likeness (QED) is 0.922. The number of aliphatic carboxylic acids is 1. The van der Waals surface area contributed by atoms with Crippen molar-refractivity contribution in [2.75, 3.05) is 18.0 Å². The first-order valence-electron chi connectivity index (χ1n) is 7.68. The Hall–Kier alpha value is -1.97. The Morgan fingerprint density at radius 2 is 2.05 bits per heavy atom. The summed E-state index contributed by atoms with van der Waals surface area (Å²) in [6.07, 6.45) is 2.45. The molecule has 4 heteroatoms. The zero-order chi connectivity index (χ0) is 14.7. The van der Waals surface area contributed by atoms with Gasteiger partial charge in [0.2, 0.25) is 0 Å². The lowest BCUT2D eigenvalue weighted by molar-refractivity contribution is -0.138. The van der Waals surface area contributed by atoms with Crippen molar-refractivity contribution in [2.45, 2.75) is 31.6 Å². The molecule has 3 aliphatic heterocycles. The molecule has 1 aromatic carbocycles. The Kier molecular flexibility index (Phi) is 2.59. The van der Waals surface area contributed by atoms with Gasteiger partial charge >= 0.3 is 5.97 Å². The maximum atomic E-state index is 11.4. The number of hydrogen-bond acceptors (Lipinski definition) is 2. The zero-order valence-electron chi connectivity index (χ0n) is 12.5. The molecule has 0 radical (unpaired) electrons. The van der Waals surface area contributed by atoms with Crippen LogP contribution in [0.2, 0.25) is 0 Å². The van der Waals surface area contributed by atoms with Crippen molar-refractivity contribution in [2.24, 2.45) is 7.05 Å². The third-order valence-corrected chi connectivity index (χ3v) is 5.29. The molecule has 2 aromatic rings. The van der Waals surface area contributed by atoms with Crippen LogP contribution in [0.1, 0.15) is 42.7 Å². The van der Waals surface area contributed by atoms with Gasteiger partial charge in [-0.05, 0) is 31.2 Å². The van der Waals surface area contributed by atoms with Gasteiger partial charge in [0.25, 0.3) is 0 Å². The molecule has 2 bridgehead atoms. The number of piperidine rings is 1. The number of aromatic nitrogens is 1. The summed E-state index contributed by atoms with van der Waals surface area (Å²) in [6.45, 7) is 4.04. The van der Waals surface area contributed by atoms with Gasteiger partial charge in [0.15, 0.2) is 0 Å². The molecule has 1 saturated heterocycles. The van der Waals surface area contributed by atoms with Crippen molar-refractivity contribution >= 4 is 22.7 Å². The number of fused-ring (bicyclic) bond motifs is 3. The maximum absolute atomic E-state index is 11.4. The second kappa shape index (κ2) is 4.26. The van der Waals surface area contributed by atoms with Gasteiger partial charge in [0.1, 0.15) is 5.82 Å². The van der Waals surface area contributed by atoms with Crippen LogP contribution in [0, 0.1) is 0 Å². The number of carboxylic acid groups (broad SMARTS) is 1. The van der Waals surface area contributed by atoms with E-state index in [9.17, 15) is 9.90 Å². The van der Waals surface area contributed by atoms with Crippen molar-refractivity contribution in [3.8, 4) is 0 Å². The van der Waals surface area contributed by atoms with Crippen LogP contribution >= 0.6 is 0 Å². The zero-order valence-corrected chi connectivity index (χ0v) is 12.5. The number of nitrogens with zero attached hydrogens (tertiary/aromatic N) is 2. The highest BCUT2D eigenvalue weighted by atomic mass is 16.4. The summed E-state index contributed by atoms with van der Waals surface area (Å²) in [5.41, 5.74) is 3.48. The molecule has 21 heavy (non-hydrogen) atoms. The van der Waals surface area contributed by atoms with E-state index in [1.54, 1.807) is 6.92 Å². The molecule has 0 saturated carbocycles. The lowest BCUT2D eigenvalue weighted by Crippen LogP contribution is -2.39. The summed E-state index contributed by atoms with van der Waals surface area (Å²) in [7, 11) is 2.08. The first kappa shape index (κ1) is 12.7. The standard InChI is InChI=1S/C17H20N2O2/c1-10(17(20)21)12-4-3-5-13-14-11-6-8-19(9-7-11)16(14)18(2)15(12)13/h3-5,10-11H,6-9H2,1-2H3,(H,20,21). The number of rotatable bonds is 2. The first-order chi connectivity index (χ1) is 10.1. The van der Waals surface area contributed by atoms with E-state index in [0.29, 0.717) is 5.92 Å². The van der Waals surface area contributed by atoms with Crippen molar-refractivity contribution < 1.29 is 9.90 Å². The highest BCUT2D eigenvalue weighted by Crippen LogP contribution is 2.48. The molecule has 4 heterocycles. The van der Waals surface area contributed by atoms with Crippen molar-refractivity contribution in [1.82, 2.24) is 4.57 Å². The number of aryl methyl sites for hydroxylation is 1. The fraction of sp³-hybridized carbons (Fsp3) is 0.471. The van der Waals surface area contributed by atoms with Crippen LogP contribution in [0.15, 0.2) is 18.2 Å². The topological polar surface area (TPSA) is 45.5 Å². The number of carbonyl (C=O) groups is 1. The Bertz CT molecular complexity index is 739. The van der Waals surface area contributed by atoms with E-state index in [4.69, 9.17) is 0 Å². The van der Waals surface area contributed by atoms with Crippen LogP contribution in [-0.2, 0) is 11.8 Å². The summed E-state index contributed by atoms with van der Waals surface area (Å²) >= 11 is 0. The van der Waals surface area contributed by atoms with E-state index in [1.807, 2.05) is 12.1 Å². The Balaban J connectivity index is 2.05. The number of benzene rings is 1. The fourth-order valence-corrected chi connectivity index (χ4v) is 4.21. The van der Waals surface area contributed by atoms with Crippen LogP contribution in [0.5, 0.6) is 0 Å². The third-order valence-electron chi connectivity index (χ3n) is 5.29. The van der Waals surface area contributed by atoms with E-state index in [-0.39, 0.29) is 0 Å². The minimum Gasteiger partial charge on any atom is -0.481 e. The molecule has 0 aliphatic carbocycles. The van der Waals surface area contributed by atoms with Crippen LogP contribution in [-0.4, -0.2) is 28.7 Å². The number of carboxylic acids is 1. The summed E-state index contributed by atoms with van der Waals surface area (Å²) in [6, 6.07) is 6.13. The predicted molar refractivity (Wildman–Crippen MR) is 83.2 cm³/mol. The van der Waals surface area contributed by atoms with Gasteiger partial charge in [0, 0.05) is 31.1 Å². The average Bonchev–Trinajstić information content (AvgIpc) is 2.83. The highest BCUT2D eigenvalue weighted by molar-refractivity contribution is 5.96. The first-order valence-corrected chi connectivity index (χ1v) is 7.68. The molecule has 3 aliphatic rings. The predicted octanol–water partition coefficient (Wildman–Crippen LogP) is 3.06. The molecule has 0 spiro atoms. The number of anilines is 1. The molecule has 1 fully saturated rings. The van der Waals surface area contributed by atoms with E-state index < -0.39 is 11.9 Å². The minimum atomic E-state index is -0.759. The lowest BCUT2D eigenvalue weighted by Gasteiger charge is -2.41. The van der Waals surface area contributed by atoms with E-state index in [0.717, 1.165) is 24.2 Å². The van der Waals surface area contributed by atoms with E-state index >= 15 is 0 Å². The van der Waals surface area contributed by atoms with E-state index in [2.05, 4.69) is 22.6 Å². The molecule has 1 aromatic heterocycles. The van der Waals surface area contributed by atoms with Gasteiger partial charge in [-0.3, -0.25) is 4.79 Å². The van der Waals surface area contributed by atoms with Gasteiger partial charge < -0.3 is 14.6 Å². The molecule has 5 rings (SSSR count). The second-order valence-corrected chi connectivity index (χ2v) is 6.36. The van der Waals surface area contributed by atoms with Gasteiger partial charge in [-0.2, -0.15) is 0 Å². The molecule has 1 atom stereocenters. The van der Waals surface area contributed by atoms with Crippen molar-refractivity contribution in [1.29, 1.82) is 0 Å². The molecule has 110 valence electrons. The normalized spacial score (nSPS) is 19.0. The van der Waals surface area contributed by atoms with Crippen LogP contribution in [0.4, 0.5) is 5.82 Å². The SMILES string of the molecule is CC(C(=O)O)c1cccc2c3c(n(C)c12)N1CCC3CC1. The lowest BCUT2D eigenvalue weighted by atomic mass is 9.84. The van der Waals surface area contributed by atoms with Gasteiger partial charge in [-0.25, -0.2) is 0 Å². The number of para-hydroxylation sites is 1. The largest absolute Gasteiger partial charge is 0.481 e. The fourth-order valence-electron chi connectivity index (χ4n) is 4.21. The van der Waals surface area contributed by atoms with Gasteiger partial charge in [-0.15, -0.1) is 0 Å². The van der Waals surface area contributed by atoms with E-state index in [1.165, 1.54) is 29.6 Å². The summed E-state index contributed by atoms with van der Waals surface area (Å²) in [5.74, 6) is 0.725. The van der Waals surface area contributed by atoms with Crippen LogP contribution < -0.4 is 4.90 Å². The second-order valence-electron chi connectivity index (χ2n) is 6.36. The molecule has 1 unspecified atom stereocenters. The summed E-state index contributed by atoms with van der Waals surface area (Å²) < 4.78 is 2.23. The molecule has 0 amide bonds. The van der Waals surface area contributed by atoms with Crippen molar-refractivity contribution in [3.05, 3.63) is 29.3 Å². The Morgan fingerprint density at radius 3 is 2.71 bits per heavy atom. The maximum Gasteiger partial charge on any atom is 0.310 e. The van der Waals surface area contributed by atoms with Crippen LogP contribution in [0.25, 0.3) is 10.9 Å². The Labute approximate surface area is 124 Å². The summed E-state index contributed by atoms with van der Waals surface area (Å²) in [4.78, 5) is 13.9. The smallest absolute Gasteiger partial charge is 0.310 e. The molecular formula is C17H20N2O2. The third kappa shape index (κ3) is 1.59. The van der Waals surface area contributed by atoms with Crippen LogP contribution in [0.3, 0.4) is 0 Å². The monoisotopic (exact) mass is 284 g/mol. The Morgan fingerprint density at radius 1 is 1.33 bits per heavy atom. The molecule has 1 N–H and O–H groups in total. The summed E-state index contributed by atoms with van der Waals surface area (Å²) in [5, 5.41) is 10.6. The number of hydrogen-bond donors (Lipinski definition) is 1. The molecule has 4 nitrogen and oxygen atoms in total. The van der Waals surface area contributed by atoms with Crippen molar-refractivity contribution in [3.63, 3.8) is 0 Å². The minimum absolute atomic E-state index is 0.476. The highest BCUT2D eigenvalue weighted by Gasteiger charge is 2.36.